The van der Waals surface area contributed by atoms with Crippen LogP contribution in [0.1, 0.15) is 16.1 Å². The monoisotopic (exact) mass is 431 g/mol. The van der Waals surface area contributed by atoms with Crippen molar-refractivity contribution < 1.29 is 22.4 Å². The van der Waals surface area contributed by atoms with Crippen LogP contribution in [0.25, 0.3) is 22.4 Å². The molecule has 0 radical (unpaired) electrons. The van der Waals surface area contributed by atoms with E-state index in [1.165, 1.54) is 24.3 Å². The molecule has 0 unspecified atom stereocenters. The maximum absolute atomic E-state index is 14.8. The van der Waals surface area contributed by atoms with E-state index in [0.717, 1.165) is 17.8 Å². The van der Waals surface area contributed by atoms with E-state index in [2.05, 4.69) is 5.10 Å². The molecule has 0 bridgehead atoms. The van der Waals surface area contributed by atoms with E-state index in [9.17, 15) is 22.4 Å². The van der Waals surface area contributed by atoms with E-state index in [4.69, 9.17) is 28.9 Å². The van der Waals surface area contributed by atoms with Crippen molar-refractivity contribution in [1.82, 2.24) is 9.78 Å². The third-order valence-corrected chi connectivity index (χ3v) is 4.87. The first-order valence-electron chi connectivity index (χ1n) is 7.71. The van der Waals surface area contributed by atoms with Crippen LogP contribution >= 0.6 is 23.2 Å². The summed E-state index contributed by atoms with van der Waals surface area (Å²) in [6.07, 6.45) is -4.96. The third kappa shape index (κ3) is 3.33. The second kappa shape index (κ2) is 7.10. The van der Waals surface area contributed by atoms with Crippen molar-refractivity contribution in [1.29, 1.82) is 0 Å². The lowest BCUT2D eigenvalue weighted by atomic mass is 9.94. The molecule has 0 atom stereocenters. The Hall–Kier alpha value is -2.58. The summed E-state index contributed by atoms with van der Waals surface area (Å²) in [5.74, 6) is -2.27. The number of aromatic nitrogens is 2. The van der Waals surface area contributed by atoms with Crippen LogP contribution in [0.4, 0.5) is 17.6 Å². The quantitative estimate of drug-likeness (QED) is 0.570. The van der Waals surface area contributed by atoms with Gasteiger partial charge in [-0.25, -0.2) is 4.39 Å². The number of rotatable bonds is 3. The Balaban J connectivity index is 2.43. The predicted octanol–water partition coefficient (Wildman–Crippen LogP) is 5.32. The highest BCUT2D eigenvalue weighted by Crippen LogP contribution is 2.43. The van der Waals surface area contributed by atoms with Crippen molar-refractivity contribution in [3.8, 4) is 22.4 Å². The molecule has 28 heavy (non-hydrogen) atoms. The number of halogens is 6. The summed E-state index contributed by atoms with van der Waals surface area (Å²) in [6, 6.07) is 8.43. The van der Waals surface area contributed by atoms with Crippen molar-refractivity contribution in [3.63, 3.8) is 0 Å². The molecule has 0 saturated carbocycles. The second-order valence-electron chi connectivity index (χ2n) is 5.82. The Morgan fingerprint density at radius 2 is 1.71 bits per heavy atom. The zero-order valence-electron chi connectivity index (χ0n) is 14.1. The van der Waals surface area contributed by atoms with Crippen molar-refractivity contribution in [2.24, 2.45) is 12.8 Å². The maximum atomic E-state index is 14.8. The molecule has 0 saturated heterocycles. The molecule has 0 aliphatic carbocycles. The number of carbonyl (C=O) groups is 1. The summed E-state index contributed by atoms with van der Waals surface area (Å²) >= 11 is 12.2. The van der Waals surface area contributed by atoms with Crippen LogP contribution in [0.2, 0.25) is 10.0 Å². The lowest BCUT2D eigenvalue weighted by Crippen LogP contribution is -2.18. The minimum Gasteiger partial charge on any atom is -0.365 e. The molecule has 2 N–H and O–H groups in total. The van der Waals surface area contributed by atoms with E-state index in [0.29, 0.717) is 0 Å². The first-order valence-corrected chi connectivity index (χ1v) is 8.47. The molecule has 0 aliphatic heterocycles. The highest BCUT2D eigenvalue weighted by molar-refractivity contribution is 6.43. The van der Waals surface area contributed by atoms with Crippen molar-refractivity contribution in [2.45, 2.75) is 6.18 Å². The van der Waals surface area contributed by atoms with Gasteiger partial charge in [0.25, 0.3) is 5.91 Å². The van der Waals surface area contributed by atoms with Gasteiger partial charge in [-0.2, -0.15) is 18.3 Å². The largest absolute Gasteiger partial charge is 0.435 e. The van der Waals surface area contributed by atoms with Gasteiger partial charge in [0.15, 0.2) is 5.69 Å². The van der Waals surface area contributed by atoms with Crippen LogP contribution < -0.4 is 5.73 Å². The van der Waals surface area contributed by atoms with E-state index >= 15 is 0 Å². The van der Waals surface area contributed by atoms with E-state index in [1.54, 1.807) is 6.07 Å². The zero-order valence-corrected chi connectivity index (χ0v) is 15.6. The summed E-state index contributed by atoms with van der Waals surface area (Å²) < 4.78 is 55.6. The van der Waals surface area contributed by atoms with Crippen molar-refractivity contribution >= 4 is 29.1 Å². The van der Waals surface area contributed by atoms with Crippen molar-refractivity contribution in [3.05, 3.63) is 63.5 Å². The first kappa shape index (κ1) is 20.2. The zero-order chi connectivity index (χ0) is 20.8. The number of alkyl halides is 3. The second-order valence-corrected chi connectivity index (χ2v) is 6.61. The molecule has 1 amide bonds. The Bertz CT molecular complexity index is 1090. The molecule has 2 aromatic carbocycles. The number of carbonyl (C=O) groups excluding carboxylic acids is 1. The summed E-state index contributed by atoms with van der Waals surface area (Å²) in [5, 5.41) is 3.61. The number of nitrogens with zero attached hydrogens (tertiary/aromatic N) is 2. The number of amides is 1. The first-order chi connectivity index (χ1) is 13.0. The van der Waals surface area contributed by atoms with Gasteiger partial charge in [0.05, 0.1) is 21.3 Å². The van der Waals surface area contributed by atoms with Gasteiger partial charge in [-0.05, 0) is 17.7 Å². The topological polar surface area (TPSA) is 60.9 Å². The van der Waals surface area contributed by atoms with Crippen LogP contribution in [0, 0.1) is 5.82 Å². The highest BCUT2D eigenvalue weighted by Gasteiger charge is 2.41. The fraction of sp³-hybridized carbons (Fsp3) is 0.111. The lowest BCUT2D eigenvalue weighted by Gasteiger charge is -2.14. The van der Waals surface area contributed by atoms with Crippen LogP contribution in [-0.4, -0.2) is 15.7 Å². The molecular weight excluding hydrogens is 421 g/mol. The number of hydrogen-bond acceptors (Lipinski definition) is 2. The number of benzene rings is 2. The Labute approximate surface area is 166 Å². The molecule has 0 aliphatic rings. The van der Waals surface area contributed by atoms with Gasteiger partial charge in [-0.15, -0.1) is 0 Å². The van der Waals surface area contributed by atoms with Crippen LogP contribution in [0.5, 0.6) is 0 Å². The Morgan fingerprint density at radius 1 is 1.11 bits per heavy atom. The Kier molecular flexibility index (Phi) is 5.12. The van der Waals surface area contributed by atoms with E-state index in [1.807, 2.05) is 0 Å². The van der Waals surface area contributed by atoms with Crippen LogP contribution in [0.15, 0.2) is 36.4 Å². The summed E-state index contributed by atoms with van der Waals surface area (Å²) in [7, 11) is 1.16. The molecule has 3 rings (SSSR count). The molecule has 1 heterocycles. The highest BCUT2D eigenvalue weighted by atomic mass is 35.5. The third-order valence-electron chi connectivity index (χ3n) is 4.05. The van der Waals surface area contributed by atoms with Gasteiger partial charge in [-0.1, -0.05) is 47.5 Å². The molecule has 1 aromatic heterocycles. The maximum Gasteiger partial charge on any atom is 0.435 e. The fourth-order valence-electron chi connectivity index (χ4n) is 2.94. The molecule has 146 valence electrons. The molecule has 4 nitrogen and oxygen atoms in total. The SMILES string of the molecule is Cn1nc(C(F)(F)F)c(C(N)=O)c1-c1c(F)cccc1-c1cccc(Cl)c1Cl. The number of nitrogens with two attached hydrogens (primary N) is 1. The molecular formula is C18H11Cl2F4N3O. The molecule has 3 aromatic rings. The molecule has 10 heteroatoms. The molecule has 0 fully saturated rings. The smallest absolute Gasteiger partial charge is 0.365 e. The number of hydrogen-bond donors (Lipinski definition) is 1. The van der Waals surface area contributed by atoms with Gasteiger partial charge in [0.2, 0.25) is 0 Å². The fourth-order valence-corrected chi connectivity index (χ4v) is 3.35. The average Bonchev–Trinajstić information content (AvgIpc) is 2.95. The summed E-state index contributed by atoms with van der Waals surface area (Å²) in [4.78, 5) is 11.9. The van der Waals surface area contributed by atoms with Gasteiger partial charge in [0.1, 0.15) is 5.82 Å². The van der Waals surface area contributed by atoms with Crippen molar-refractivity contribution in [2.75, 3.05) is 0 Å². The van der Waals surface area contributed by atoms with Gasteiger partial charge < -0.3 is 5.73 Å². The average molecular weight is 432 g/mol. The number of primary amides is 1. The Morgan fingerprint density at radius 3 is 2.32 bits per heavy atom. The van der Waals surface area contributed by atoms with Crippen LogP contribution in [-0.2, 0) is 13.2 Å². The minimum atomic E-state index is -4.96. The van der Waals surface area contributed by atoms with Gasteiger partial charge in [0, 0.05) is 18.2 Å². The number of aryl methyl sites for hydroxylation is 1. The minimum absolute atomic E-state index is 0.0786. The van der Waals surface area contributed by atoms with Crippen LogP contribution in [0.3, 0.4) is 0 Å². The summed E-state index contributed by atoms with van der Waals surface area (Å²) in [6.45, 7) is 0. The lowest BCUT2D eigenvalue weighted by molar-refractivity contribution is -0.141. The normalized spacial score (nSPS) is 11.7. The standard InChI is InChI=1S/C18H11Cl2F4N3O/c1-27-15(13(17(25)28)16(26-27)18(22,23)24)12-8(4-3-7-11(12)21)9-5-2-6-10(19)14(9)20/h2-7H,1H3,(H2,25,28). The van der Waals surface area contributed by atoms with Gasteiger partial charge >= 0.3 is 6.18 Å². The molecule has 0 spiro atoms. The van der Waals surface area contributed by atoms with E-state index < -0.39 is 34.9 Å². The van der Waals surface area contributed by atoms with E-state index in [-0.39, 0.29) is 26.7 Å². The van der Waals surface area contributed by atoms with Gasteiger partial charge in [-0.3, -0.25) is 9.48 Å². The summed E-state index contributed by atoms with van der Waals surface area (Å²) in [5.41, 5.74) is 2.46. The predicted molar refractivity (Wildman–Crippen MR) is 97.6 cm³/mol.